The highest BCUT2D eigenvalue weighted by Gasteiger charge is 2.19. The summed E-state index contributed by atoms with van der Waals surface area (Å²) in [5, 5.41) is 0. The normalized spacial score (nSPS) is 18.0. The number of rotatable bonds is 4. The summed E-state index contributed by atoms with van der Waals surface area (Å²) in [5.41, 5.74) is 7.33. The van der Waals surface area contributed by atoms with Crippen LogP contribution in [-0.4, -0.2) is 65.1 Å². The highest BCUT2D eigenvalue weighted by atomic mass is 127. The summed E-state index contributed by atoms with van der Waals surface area (Å²) in [5.74, 6) is 2.44. The number of guanidine groups is 1. The highest BCUT2D eigenvalue weighted by Crippen LogP contribution is 2.17. The molecule has 9 heteroatoms. The SMILES string of the molecule is I.NC(=NCc1ccc(N2CCCCCC2)nc1)N1CCN(c2ncccn2)CC1. The third-order valence-corrected chi connectivity index (χ3v) is 5.60. The van der Waals surface area contributed by atoms with E-state index in [1.807, 2.05) is 12.3 Å². The molecule has 2 aromatic heterocycles. The van der Waals surface area contributed by atoms with E-state index in [0.29, 0.717) is 12.5 Å². The van der Waals surface area contributed by atoms with Crippen LogP contribution in [0.3, 0.4) is 0 Å². The van der Waals surface area contributed by atoms with E-state index >= 15 is 0 Å². The van der Waals surface area contributed by atoms with Crippen LogP contribution in [0, 0.1) is 0 Å². The standard InChI is InChI=1S/C21H30N8.HI/c22-20(28-12-14-29(15-13-28)21-23-8-5-9-24-21)26-17-18-6-7-19(25-16-18)27-10-3-1-2-4-11-27;/h5-9,16H,1-4,10-15,17H2,(H2,22,26);1H. The van der Waals surface area contributed by atoms with E-state index in [4.69, 9.17) is 5.73 Å². The Bertz CT molecular complexity index is 782. The molecule has 4 heterocycles. The molecule has 162 valence electrons. The van der Waals surface area contributed by atoms with Crippen molar-refractivity contribution in [3.05, 3.63) is 42.4 Å². The van der Waals surface area contributed by atoms with Crippen LogP contribution < -0.4 is 15.5 Å². The smallest absolute Gasteiger partial charge is 0.225 e. The van der Waals surface area contributed by atoms with Gasteiger partial charge in [-0.2, -0.15) is 0 Å². The predicted molar refractivity (Wildman–Crippen MR) is 131 cm³/mol. The van der Waals surface area contributed by atoms with Gasteiger partial charge in [-0.1, -0.05) is 18.9 Å². The summed E-state index contributed by atoms with van der Waals surface area (Å²) < 4.78 is 0. The molecule has 8 nitrogen and oxygen atoms in total. The fraction of sp³-hybridized carbons (Fsp3) is 0.524. The van der Waals surface area contributed by atoms with E-state index in [0.717, 1.165) is 56.6 Å². The van der Waals surface area contributed by atoms with Gasteiger partial charge in [0.15, 0.2) is 5.96 Å². The molecule has 2 aliphatic heterocycles. The Hall–Kier alpha value is -2.17. The Balaban J connectivity index is 0.00000256. The van der Waals surface area contributed by atoms with Crippen molar-refractivity contribution in [1.29, 1.82) is 0 Å². The van der Waals surface area contributed by atoms with Crippen molar-refractivity contribution in [2.24, 2.45) is 10.7 Å². The molecule has 0 spiro atoms. The number of halogens is 1. The average molecular weight is 522 g/mol. The van der Waals surface area contributed by atoms with Crippen molar-refractivity contribution >= 4 is 41.7 Å². The zero-order chi connectivity index (χ0) is 19.9. The highest BCUT2D eigenvalue weighted by molar-refractivity contribution is 14.0. The van der Waals surface area contributed by atoms with Crippen LogP contribution in [0.2, 0.25) is 0 Å². The zero-order valence-electron chi connectivity index (χ0n) is 17.4. The lowest BCUT2D eigenvalue weighted by molar-refractivity contribution is 0.378. The van der Waals surface area contributed by atoms with Crippen molar-refractivity contribution < 1.29 is 0 Å². The van der Waals surface area contributed by atoms with Gasteiger partial charge in [0, 0.05) is 57.9 Å². The Morgan fingerprint density at radius 3 is 2.20 bits per heavy atom. The van der Waals surface area contributed by atoms with Gasteiger partial charge in [-0.25, -0.2) is 19.9 Å². The molecule has 2 N–H and O–H groups in total. The van der Waals surface area contributed by atoms with E-state index < -0.39 is 0 Å². The first-order valence-corrected chi connectivity index (χ1v) is 10.6. The lowest BCUT2D eigenvalue weighted by Gasteiger charge is -2.35. The number of hydrogen-bond acceptors (Lipinski definition) is 6. The third-order valence-electron chi connectivity index (χ3n) is 5.60. The Kier molecular flexibility index (Phi) is 8.47. The van der Waals surface area contributed by atoms with Gasteiger partial charge in [-0.05, 0) is 30.5 Å². The van der Waals surface area contributed by atoms with E-state index in [-0.39, 0.29) is 24.0 Å². The molecule has 0 atom stereocenters. The monoisotopic (exact) mass is 522 g/mol. The zero-order valence-corrected chi connectivity index (χ0v) is 19.7. The lowest BCUT2D eigenvalue weighted by atomic mass is 10.2. The maximum Gasteiger partial charge on any atom is 0.225 e. The van der Waals surface area contributed by atoms with Crippen molar-refractivity contribution in [3.8, 4) is 0 Å². The van der Waals surface area contributed by atoms with Crippen LogP contribution in [0.1, 0.15) is 31.2 Å². The summed E-state index contributed by atoms with van der Waals surface area (Å²) in [6.07, 6.45) is 10.7. The Morgan fingerprint density at radius 1 is 0.867 bits per heavy atom. The molecule has 0 unspecified atom stereocenters. The average Bonchev–Trinajstić information content (AvgIpc) is 3.08. The van der Waals surface area contributed by atoms with E-state index in [2.05, 4.69) is 46.8 Å². The number of pyridine rings is 1. The summed E-state index contributed by atoms with van der Waals surface area (Å²) in [6.45, 7) is 6.09. The van der Waals surface area contributed by atoms with Crippen LogP contribution in [0.25, 0.3) is 0 Å². The molecule has 4 rings (SSSR count). The topological polar surface area (TPSA) is 86.8 Å². The first kappa shape index (κ1) is 22.5. The van der Waals surface area contributed by atoms with E-state index in [1.54, 1.807) is 12.4 Å². The molecule has 0 aliphatic carbocycles. The molecule has 0 amide bonds. The second-order valence-electron chi connectivity index (χ2n) is 7.62. The fourth-order valence-corrected chi connectivity index (χ4v) is 3.86. The first-order chi connectivity index (χ1) is 14.3. The van der Waals surface area contributed by atoms with Crippen LogP contribution in [-0.2, 0) is 6.54 Å². The number of aromatic nitrogens is 3. The van der Waals surface area contributed by atoms with E-state index in [1.165, 1.54) is 25.7 Å². The van der Waals surface area contributed by atoms with Gasteiger partial charge in [-0.3, -0.25) is 0 Å². The van der Waals surface area contributed by atoms with E-state index in [9.17, 15) is 0 Å². The minimum atomic E-state index is 0. The minimum Gasteiger partial charge on any atom is -0.370 e. The van der Waals surface area contributed by atoms with Gasteiger partial charge in [0.2, 0.25) is 5.95 Å². The van der Waals surface area contributed by atoms with Crippen molar-refractivity contribution in [2.75, 3.05) is 49.1 Å². The summed E-state index contributed by atoms with van der Waals surface area (Å²) >= 11 is 0. The van der Waals surface area contributed by atoms with Gasteiger partial charge >= 0.3 is 0 Å². The molecule has 2 aliphatic rings. The van der Waals surface area contributed by atoms with Crippen molar-refractivity contribution in [1.82, 2.24) is 19.9 Å². The van der Waals surface area contributed by atoms with Gasteiger partial charge in [-0.15, -0.1) is 24.0 Å². The Morgan fingerprint density at radius 2 is 1.57 bits per heavy atom. The number of hydrogen-bond donors (Lipinski definition) is 1. The molecule has 0 bridgehead atoms. The van der Waals surface area contributed by atoms with Crippen LogP contribution in [0.15, 0.2) is 41.8 Å². The second kappa shape index (κ2) is 11.3. The molecular formula is C21H31IN8. The third kappa shape index (κ3) is 5.93. The molecule has 0 aromatic carbocycles. The lowest BCUT2D eigenvalue weighted by Crippen LogP contribution is -2.51. The second-order valence-corrected chi connectivity index (χ2v) is 7.62. The predicted octanol–water partition coefficient (Wildman–Crippen LogP) is 2.51. The Labute approximate surface area is 195 Å². The summed E-state index contributed by atoms with van der Waals surface area (Å²) in [7, 11) is 0. The summed E-state index contributed by atoms with van der Waals surface area (Å²) in [6, 6.07) is 6.07. The van der Waals surface area contributed by atoms with Crippen LogP contribution in [0.5, 0.6) is 0 Å². The first-order valence-electron chi connectivity index (χ1n) is 10.6. The van der Waals surface area contributed by atoms with Crippen LogP contribution in [0.4, 0.5) is 11.8 Å². The number of nitrogens with two attached hydrogens (primary N) is 1. The summed E-state index contributed by atoms with van der Waals surface area (Å²) in [4.78, 5) is 24.6. The molecular weight excluding hydrogens is 491 g/mol. The number of nitrogens with zero attached hydrogens (tertiary/aromatic N) is 7. The largest absolute Gasteiger partial charge is 0.370 e. The van der Waals surface area contributed by atoms with Gasteiger partial charge in [0.25, 0.3) is 0 Å². The maximum absolute atomic E-state index is 6.24. The van der Waals surface area contributed by atoms with Gasteiger partial charge < -0.3 is 20.4 Å². The molecule has 2 fully saturated rings. The molecule has 2 aromatic rings. The van der Waals surface area contributed by atoms with Gasteiger partial charge in [0.05, 0.1) is 6.54 Å². The van der Waals surface area contributed by atoms with Gasteiger partial charge in [0.1, 0.15) is 5.82 Å². The molecule has 0 saturated carbocycles. The van der Waals surface area contributed by atoms with Crippen molar-refractivity contribution in [2.45, 2.75) is 32.2 Å². The molecule has 2 saturated heterocycles. The minimum absolute atomic E-state index is 0. The number of piperazine rings is 1. The van der Waals surface area contributed by atoms with Crippen LogP contribution >= 0.6 is 24.0 Å². The quantitative estimate of drug-likeness (QED) is 0.375. The maximum atomic E-state index is 6.24. The molecule has 0 radical (unpaired) electrons. The number of aliphatic imine (C=N–C) groups is 1. The number of anilines is 2. The fourth-order valence-electron chi connectivity index (χ4n) is 3.86. The molecule has 30 heavy (non-hydrogen) atoms. The van der Waals surface area contributed by atoms with Crippen molar-refractivity contribution in [3.63, 3.8) is 0 Å².